The highest BCUT2D eigenvalue weighted by Crippen LogP contribution is 2.20. The van der Waals surface area contributed by atoms with Gasteiger partial charge in [-0.1, -0.05) is 0 Å². The molecule has 0 unspecified atom stereocenters. The van der Waals surface area contributed by atoms with Crippen LogP contribution in [-0.4, -0.2) is 39.9 Å². The number of carbonyl (C=O) groups excluding carboxylic acids is 2. The second-order valence-corrected chi connectivity index (χ2v) is 5.11. The van der Waals surface area contributed by atoms with Crippen molar-refractivity contribution in [2.24, 2.45) is 0 Å². The maximum atomic E-state index is 13.2. The fourth-order valence-corrected chi connectivity index (χ4v) is 2.26. The molecule has 1 N–H and O–H groups in total. The standard InChI is InChI=1S/C17H15FN4O3/c1-19-15(23)11-25-17(24)14-10-20-22(13-6-4-12(18)5-7-13)16(14)21-8-2-3-9-21/h2-10H,11H2,1H3,(H,19,23). The smallest absolute Gasteiger partial charge is 0.344 e. The van der Waals surface area contributed by atoms with E-state index in [-0.39, 0.29) is 18.0 Å². The van der Waals surface area contributed by atoms with Gasteiger partial charge in [0.15, 0.2) is 12.4 Å². The lowest BCUT2D eigenvalue weighted by Crippen LogP contribution is -2.25. The van der Waals surface area contributed by atoms with E-state index in [4.69, 9.17) is 4.74 Å². The van der Waals surface area contributed by atoms with Crippen molar-refractivity contribution in [3.05, 3.63) is 66.4 Å². The lowest BCUT2D eigenvalue weighted by molar-refractivity contribution is -0.123. The van der Waals surface area contributed by atoms with E-state index in [0.29, 0.717) is 11.5 Å². The Kier molecular flexibility index (Phi) is 4.60. The van der Waals surface area contributed by atoms with Crippen LogP contribution in [-0.2, 0) is 9.53 Å². The van der Waals surface area contributed by atoms with Crippen LogP contribution in [0, 0.1) is 5.82 Å². The molecule has 0 saturated carbocycles. The van der Waals surface area contributed by atoms with Gasteiger partial charge in [-0.15, -0.1) is 0 Å². The SMILES string of the molecule is CNC(=O)COC(=O)c1cnn(-c2ccc(F)cc2)c1-n1cccc1. The van der Waals surface area contributed by atoms with Crippen LogP contribution in [0.25, 0.3) is 11.5 Å². The lowest BCUT2D eigenvalue weighted by Gasteiger charge is -2.10. The first-order valence-electron chi connectivity index (χ1n) is 7.45. The Morgan fingerprint density at radius 2 is 1.88 bits per heavy atom. The molecule has 7 nitrogen and oxygen atoms in total. The van der Waals surface area contributed by atoms with Crippen molar-refractivity contribution in [3.63, 3.8) is 0 Å². The molecule has 2 aromatic heterocycles. The quantitative estimate of drug-likeness (QED) is 0.716. The summed E-state index contributed by atoms with van der Waals surface area (Å²) in [6.45, 7) is -0.387. The van der Waals surface area contributed by atoms with E-state index >= 15 is 0 Å². The molecule has 25 heavy (non-hydrogen) atoms. The van der Waals surface area contributed by atoms with Gasteiger partial charge in [0.1, 0.15) is 11.4 Å². The molecule has 1 aromatic carbocycles. The van der Waals surface area contributed by atoms with Gasteiger partial charge >= 0.3 is 5.97 Å². The van der Waals surface area contributed by atoms with Crippen LogP contribution in [0.1, 0.15) is 10.4 Å². The molecule has 0 spiro atoms. The Morgan fingerprint density at radius 3 is 2.52 bits per heavy atom. The zero-order valence-electron chi connectivity index (χ0n) is 13.3. The summed E-state index contributed by atoms with van der Waals surface area (Å²) in [6.07, 6.45) is 4.84. The van der Waals surface area contributed by atoms with E-state index in [0.717, 1.165) is 0 Å². The third-order valence-corrected chi connectivity index (χ3v) is 3.50. The first-order chi connectivity index (χ1) is 12.1. The van der Waals surface area contributed by atoms with Crippen molar-refractivity contribution in [3.8, 4) is 11.5 Å². The number of aromatic nitrogens is 3. The van der Waals surface area contributed by atoms with Crippen LogP contribution in [0.3, 0.4) is 0 Å². The fourth-order valence-electron chi connectivity index (χ4n) is 2.26. The van der Waals surface area contributed by atoms with Crippen molar-refractivity contribution in [1.29, 1.82) is 0 Å². The zero-order valence-corrected chi connectivity index (χ0v) is 13.3. The third kappa shape index (κ3) is 3.42. The first-order valence-corrected chi connectivity index (χ1v) is 7.45. The van der Waals surface area contributed by atoms with Crippen LogP contribution in [0.2, 0.25) is 0 Å². The second-order valence-electron chi connectivity index (χ2n) is 5.11. The highest BCUT2D eigenvalue weighted by Gasteiger charge is 2.21. The topological polar surface area (TPSA) is 78.2 Å². The van der Waals surface area contributed by atoms with E-state index in [1.165, 1.54) is 30.1 Å². The molecule has 3 rings (SSSR count). The van der Waals surface area contributed by atoms with Crippen molar-refractivity contribution in [1.82, 2.24) is 19.7 Å². The van der Waals surface area contributed by atoms with E-state index in [1.54, 1.807) is 41.2 Å². The summed E-state index contributed by atoms with van der Waals surface area (Å²) in [7, 11) is 1.45. The molecule has 8 heteroatoms. The minimum atomic E-state index is -0.680. The molecule has 0 aliphatic heterocycles. The Balaban J connectivity index is 2.00. The highest BCUT2D eigenvalue weighted by molar-refractivity contribution is 5.94. The van der Waals surface area contributed by atoms with Crippen LogP contribution in [0.4, 0.5) is 4.39 Å². The number of halogens is 1. The van der Waals surface area contributed by atoms with Gasteiger partial charge in [0, 0.05) is 19.4 Å². The summed E-state index contributed by atoms with van der Waals surface area (Å²) in [4.78, 5) is 23.6. The molecule has 0 radical (unpaired) electrons. The summed E-state index contributed by atoms with van der Waals surface area (Å²) in [5.74, 6) is -1.04. The fraction of sp³-hybridized carbons (Fsp3) is 0.118. The maximum Gasteiger partial charge on any atom is 0.344 e. The van der Waals surface area contributed by atoms with Crippen molar-refractivity contribution < 1.29 is 18.7 Å². The molecule has 3 aromatic rings. The predicted octanol–water partition coefficient (Wildman–Crippen LogP) is 1.70. The largest absolute Gasteiger partial charge is 0.452 e. The summed E-state index contributed by atoms with van der Waals surface area (Å²) in [5, 5.41) is 6.58. The number of nitrogens with zero attached hydrogens (tertiary/aromatic N) is 3. The number of ether oxygens (including phenoxy) is 1. The number of nitrogens with one attached hydrogen (secondary N) is 1. The minimum Gasteiger partial charge on any atom is -0.452 e. The van der Waals surface area contributed by atoms with E-state index in [1.807, 2.05) is 0 Å². The van der Waals surface area contributed by atoms with Gasteiger partial charge in [-0.3, -0.25) is 4.79 Å². The summed E-state index contributed by atoms with van der Waals surface area (Å²) in [6, 6.07) is 9.30. The molecule has 0 saturated heterocycles. The number of carbonyl (C=O) groups is 2. The molecule has 0 atom stereocenters. The van der Waals surface area contributed by atoms with Crippen LogP contribution in [0.15, 0.2) is 55.0 Å². The molecule has 1 amide bonds. The number of hydrogen-bond acceptors (Lipinski definition) is 4. The highest BCUT2D eigenvalue weighted by atomic mass is 19.1. The van der Waals surface area contributed by atoms with Gasteiger partial charge < -0.3 is 14.6 Å². The molecular weight excluding hydrogens is 327 g/mol. The number of esters is 1. The summed E-state index contributed by atoms with van der Waals surface area (Å²) in [5.41, 5.74) is 0.764. The summed E-state index contributed by atoms with van der Waals surface area (Å²) >= 11 is 0. The van der Waals surface area contributed by atoms with Gasteiger partial charge in [0.25, 0.3) is 5.91 Å². The minimum absolute atomic E-state index is 0.185. The van der Waals surface area contributed by atoms with Gasteiger partial charge in [0.2, 0.25) is 0 Å². The normalized spacial score (nSPS) is 10.5. The number of likely N-dealkylation sites (N-methyl/N-ethyl adjacent to an activating group) is 1. The molecular formula is C17H15FN4O3. The monoisotopic (exact) mass is 342 g/mol. The van der Waals surface area contributed by atoms with Crippen LogP contribution >= 0.6 is 0 Å². The van der Waals surface area contributed by atoms with E-state index < -0.39 is 11.9 Å². The number of benzene rings is 1. The van der Waals surface area contributed by atoms with Crippen LogP contribution in [0.5, 0.6) is 0 Å². The molecule has 0 fully saturated rings. The van der Waals surface area contributed by atoms with Crippen molar-refractivity contribution in [2.75, 3.05) is 13.7 Å². The average Bonchev–Trinajstić information content (AvgIpc) is 3.29. The van der Waals surface area contributed by atoms with E-state index in [2.05, 4.69) is 10.4 Å². The van der Waals surface area contributed by atoms with Gasteiger partial charge in [-0.05, 0) is 36.4 Å². The van der Waals surface area contributed by atoms with Crippen LogP contribution < -0.4 is 5.32 Å². The molecule has 128 valence electrons. The van der Waals surface area contributed by atoms with Gasteiger partial charge in [-0.25, -0.2) is 13.9 Å². The predicted molar refractivity (Wildman–Crippen MR) is 87.2 cm³/mol. The van der Waals surface area contributed by atoms with Crippen molar-refractivity contribution >= 4 is 11.9 Å². The zero-order chi connectivity index (χ0) is 17.8. The molecule has 2 heterocycles. The number of amides is 1. The first kappa shape index (κ1) is 16.4. The Hall–Kier alpha value is -3.42. The maximum absolute atomic E-state index is 13.2. The van der Waals surface area contributed by atoms with E-state index in [9.17, 15) is 14.0 Å². The van der Waals surface area contributed by atoms with Gasteiger partial charge in [-0.2, -0.15) is 5.10 Å². The molecule has 0 aliphatic rings. The van der Waals surface area contributed by atoms with Crippen molar-refractivity contribution in [2.45, 2.75) is 0 Å². The second kappa shape index (κ2) is 7.00. The van der Waals surface area contributed by atoms with Gasteiger partial charge in [0.05, 0.1) is 11.9 Å². The summed E-state index contributed by atoms with van der Waals surface area (Å²) < 4.78 is 21.4. The Bertz CT molecular complexity index is 885. The Labute approximate surface area is 142 Å². The lowest BCUT2D eigenvalue weighted by atomic mass is 10.3. The molecule has 0 aliphatic carbocycles. The number of rotatable bonds is 5. The average molecular weight is 342 g/mol. The Morgan fingerprint density at radius 1 is 1.20 bits per heavy atom. The third-order valence-electron chi connectivity index (χ3n) is 3.50. The number of hydrogen-bond donors (Lipinski definition) is 1. The molecule has 0 bridgehead atoms.